The second-order valence-electron chi connectivity index (χ2n) is 4.57. The zero-order valence-electron chi connectivity index (χ0n) is 11.9. The van der Waals surface area contributed by atoms with Crippen LogP contribution in [0.2, 0.25) is 0 Å². The Hall–Kier alpha value is -2.24. The Labute approximate surface area is 117 Å². The van der Waals surface area contributed by atoms with E-state index in [9.17, 15) is 4.39 Å². The number of hydrogen-bond acceptors (Lipinski definition) is 5. The van der Waals surface area contributed by atoms with Gasteiger partial charge in [0, 0.05) is 32.4 Å². The molecular weight excluding hydrogens is 257 g/mol. The van der Waals surface area contributed by atoms with Crippen LogP contribution in [0, 0.1) is 5.82 Å². The van der Waals surface area contributed by atoms with Crippen LogP contribution in [0.5, 0.6) is 0 Å². The van der Waals surface area contributed by atoms with E-state index in [2.05, 4.69) is 20.3 Å². The van der Waals surface area contributed by atoms with Gasteiger partial charge in [-0.25, -0.2) is 19.3 Å². The summed E-state index contributed by atoms with van der Waals surface area (Å²) in [6.07, 6.45) is 3.65. The average Bonchev–Trinajstić information content (AvgIpc) is 2.46. The predicted molar refractivity (Wildman–Crippen MR) is 77.3 cm³/mol. The molecule has 0 unspecified atom stereocenters. The number of hydrogen-bond donors (Lipinski definition) is 1. The first-order valence-electron chi connectivity index (χ1n) is 6.48. The Kier molecular flexibility index (Phi) is 4.45. The molecule has 0 saturated heterocycles. The van der Waals surface area contributed by atoms with Crippen molar-refractivity contribution >= 4 is 11.6 Å². The van der Waals surface area contributed by atoms with E-state index in [0.717, 1.165) is 11.4 Å². The number of aryl methyl sites for hydroxylation is 1. The van der Waals surface area contributed by atoms with Crippen molar-refractivity contribution in [1.29, 1.82) is 0 Å². The molecule has 6 heteroatoms. The Balaban J connectivity index is 2.17. The molecule has 0 aliphatic heterocycles. The fraction of sp³-hybridized carbons (Fsp3) is 0.357. The molecule has 0 amide bonds. The first-order valence-corrected chi connectivity index (χ1v) is 6.48. The minimum atomic E-state index is -0.384. The largest absolute Gasteiger partial charge is 0.363 e. The molecule has 5 nitrogen and oxygen atoms in total. The number of pyridine rings is 1. The lowest BCUT2D eigenvalue weighted by Gasteiger charge is -2.16. The van der Waals surface area contributed by atoms with Gasteiger partial charge in [0.1, 0.15) is 12.1 Å². The minimum Gasteiger partial charge on any atom is -0.363 e. The van der Waals surface area contributed by atoms with Crippen molar-refractivity contribution in [2.75, 3.05) is 24.3 Å². The molecule has 0 aliphatic rings. The molecule has 106 valence electrons. The van der Waals surface area contributed by atoms with Crippen molar-refractivity contribution in [3.8, 4) is 0 Å². The number of nitrogens with one attached hydrogen (secondary N) is 1. The summed E-state index contributed by atoms with van der Waals surface area (Å²) in [5.74, 6) is 0.695. The smallest absolute Gasteiger partial charge is 0.186 e. The summed E-state index contributed by atoms with van der Waals surface area (Å²) in [6.45, 7) is 2.32. The first kappa shape index (κ1) is 14.2. The van der Waals surface area contributed by atoms with Crippen LogP contribution < -0.4 is 10.2 Å². The molecule has 0 radical (unpaired) electrons. The third-order valence-electron chi connectivity index (χ3n) is 2.93. The van der Waals surface area contributed by atoms with Crippen LogP contribution in [0.25, 0.3) is 0 Å². The van der Waals surface area contributed by atoms with E-state index in [1.807, 2.05) is 38.1 Å². The van der Waals surface area contributed by atoms with E-state index in [4.69, 9.17) is 0 Å². The van der Waals surface area contributed by atoms with E-state index in [1.165, 1.54) is 6.33 Å². The maximum Gasteiger partial charge on any atom is 0.186 e. The molecular formula is C14H18FN5. The molecule has 2 heterocycles. The summed E-state index contributed by atoms with van der Waals surface area (Å²) < 4.78 is 14.0. The highest BCUT2D eigenvalue weighted by Gasteiger charge is 2.11. The van der Waals surface area contributed by atoms with Crippen LogP contribution in [0.3, 0.4) is 0 Å². The van der Waals surface area contributed by atoms with E-state index in [-0.39, 0.29) is 11.6 Å². The van der Waals surface area contributed by atoms with Crippen LogP contribution in [-0.4, -0.2) is 29.0 Å². The van der Waals surface area contributed by atoms with Gasteiger partial charge in [-0.3, -0.25) is 0 Å². The third-order valence-corrected chi connectivity index (χ3v) is 2.93. The van der Waals surface area contributed by atoms with Crippen LogP contribution in [0.4, 0.5) is 16.0 Å². The first-order chi connectivity index (χ1) is 9.63. The number of anilines is 2. The molecule has 2 rings (SSSR count). The van der Waals surface area contributed by atoms with Crippen molar-refractivity contribution in [1.82, 2.24) is 15.0 Å². The van der Waals surface area contributed by atoms with Gasteiger partial charge in [-0.05, 0) is 12.5 Å². The summed E-state index contributed by atoms with van der Waals surface area (Å²) >= 11 is 0. The highest BCUT2D eigenvalue weighted by atomic mass is 19.1. The van der Waals surface area contributed by atoms with E-state index in [0.29, 0.717) is 18.7 Å². The molecule has 0 saturated carbocycles. The molecule has 0 spiro atoms. The van der Waals surface area contributed by atoms with E-state index in [1.54, 1.807) is 6.20 Å². The highest BCUT2D eigenvalue weighted by molar-refractivity contribution is 5.48. The minimum absolute atomic E-state index is 0.227. The number of aromatic nitrogens is 3. The molecule has 0 fully saturated rings. The molecule has 2 aromatic rings. The Morgan fingerprint density at radius 2 is 2.05 bits per heavy atom. The van der Waals surface area contributed by atoms with E-state index < -0.39 is 0 Å². The van der Waals surface area contributed by atoms with Crippen molar-refractivity contribution < 1.29 is 4.39 Å². The number of nitrogens with zero attached hydrogens (tertiary/aromatic N) is 4. The molecule has 0 bridgehead atoms. The normalized spacial score (nSPS) is 10.4. The van der Waals surface area contributed by atoms with Crippen molar-refractivity contribution in [2.24, 2.45) is 0 Å². The summed E-state index contributed by atoms with van der Waals surface area (Å²) in [5.41, 5.74) is 1.40. The second kappa shape index (κ2) is 6.27. The van der Waals surface area contributed by atoms with Gasteiger partial charge in [-0.1, -0.05) is 13.0 Å². The zero-order chi connectivity index (χ0) is 14.5. The summed E-state index contributed by atoms with van der Waals surface area (Å²) in [7, 11) is 3.85. The van der Waals surface area contributed by atoms with Crippen LogP contribution in [0.1, 0.15) is 18.2 Å². The molecule has 1 N–H and O–H groups in total. The van der Waals surface area contributed by atoms with Crippen LogP contribution >= 0.6 is 0 Å². The lowest BCUT2D eigenvalue weighted by Crippen LogP contribution is -2.15. The summed E-state index contributed by atoms with van der Waals surface area (Å²) in [6, 6.07) is 3.81. The standard InChI is InChI=1S/C14H18FN5/c1-4-11-12(15)13(19-9-18-11)17-8-10-6-5-7-16-14(10)20(2)3/h5-7,9H,4,8H2,1-3H3,(H,17,18,19). The summed E-state index contributed by atoms with van der Waals surface area (Å²) in [5, 5.41) is 3.01. The maximum atomic E-state index is 14.0. The third kappa shape index (κ3) is 3.01. The van der Waals surface area contributed by atoms with Crippen molar-refractivity contribution in [3.63, 3.8) is 0 Å². The predicted octanol–water partition coefficient (Wildman–Crippen LogP) is 2.25. The molecule has 20 heavy (non-hydrogen) atoms. The number of halogens is 1. The average molecular weight is 275 g/mol. The van der Waals surface area contributed by atoms with E-state index >= 15 is 0 Å². The van der Waals surface area contributed by atoms with Gasteiger partial charge in [0.2, 0.25) is 0 Å². The Bertz CT molecular complexity index is 586. The maximum absolute atomic E-state index is 14.0. The SMILES string of the molecule is CCc1ncnc(NCc2cccnc2N(C)C)c1F. The quantitative estimate of drug-likeness (QED) is 0.907. The monoisotopic (exact) mass is 275 g/mol. The van der Waals surface area contributed by atoms with Crippen molar-refractivity contribution in [3.05, 3.63) is 41.7 Å². The van der Waals surface area contributed by atoms with Gasteiger partial charge >= 0.3 is 0 Å². The molecule has 2 aromatic heterocycles. The van der Waals surface area contributed by atoms with Crippen LogP contribution in [-0.2, 0) is 13.0 Å². The van der Waals surface area contributed by atoms with Crippen LogP contribution in [0.15, 0.2) is 24.7 Å². The number of rotatable bonds is 5. The van der Waals surface area contributed by atoms with Gasteiger partial charge in [-0.15, -0.1) is 0 Å². The van der Waals surface area contributed by atoms with Gasteiger partial charge in [0.25, 0.3) is 0 Å². The van der Waals surface area contributed by atoms with Gasteiger partial charge < -0.3 is 10.2 Å². The van der Waals surface area contributed by atoms with Gasteiger partial charge in [-0.2, -0.15) is 0 Å². The lowest BCUT2D eigenvalue weighted by atomic mass is 10.2. The van der Waals surface area contributed by atoms with Gasteiger partial charge in [0.15, 0.2) is 11.6 Å². The fourth-order valence-electron chi connectivity index (χ4n) is 1.93. The second-order valence-corrected chi connectivity index (χ2v) is 4.57. The Morgan fingerprint density at radius 1 is 1.25 bits per heavy atom. The molecule has 0 atom stereocenters. The fourth-order valence-corrected chi connectivity index (χ4v) is 1.93. The van der Waals surface area contributed by atoms with Gasteiger partial charge in [0.05, 0.1) is 5.69 Å². The Morgan fingerprint density at radius 3 is 2.75 bits per heavy atom. The van der Waals surface area contributed by atoms with Crippen molar-refractivity contribution in [2.45, 2.75) is 19.9 Å². The molecule has 0 aliphatic carbocycles. The topological polar surface area (TPSA) is 53.9 Å². The lowest BCUT2D eigenvalue weighted by molar-refractivity contribution is 0.596. The zero-order valence-corrected chi connectivity index (χ0v) is 11.9. The molecule has 0 aromatic carbocycles. The summed E-state index contributed by atoms with van der Waals surface area (Å²) in [4.78, 5) is 14.1. The highest BCUT2D eigenvalue weighted by Crippen LogP contribution is 2.18.